The van der Waals surface area contributed by atoms with Crippen LogP contribution in [0.15, 0.2) is 18.3 Å². The van der Waals surface area contributed by atoms with Crippen molar-refractivity contribution >= 4 is 5.82 Å². The van der Waals surface area contributed by atoms with Crippen LogP contribution < -0.4 is 10.2 Å². The van der Waals surface area contributed by atoms with Crippen molar-refractivity contribution in [2.75, 3.05) is 38.6 Å². The molecule has 0 saturated carbocycles. The zero-order chi connectivity index (χ0) is 15.2. The lowest BCUT2D eigenvalue weighted by Crippen LogP contribution is -2.38. The van der Waals surface area contributed by atoms with Gasteiger partial charge >= 0.3 is 0 Å². The third kappa shape index (κ3) is 4.97. The summed E-state index contributed by atoms with van der Waals surface area (Å²) in [5, 5.41) is 3.50. The highest BCUT2D eigenvalue weighted by Gasteiger charge is 2.22. The van der Waals surface area contributed by atoms with Crippen molar-refractivity contribution in [3.8, 4) is 0 Å². The molecule has 2 rings (SSSR count). The van der Waals surface area contributed by atoms with E-state index in [4.69, 9.17) is 0 Å². The minimum Gasteiger partial charge on any atom is -0.356 e. The van der Waals surface area contributed by atoms with Crippen LogP contribution in [0.25, 0.3) is 0 Å². The first-order valence-corrected chi connectivity index (χ1v) is 8.13. The lowest BCUT2D eigenvalue weighted by molar-refractivity contribution is 0.284. The van der Waals surface area contributed by atoms with Crippen molar-refractivity contribution in [3.63, 3.8) is 0 Å². The largest absolute Gasteiger partial charge is 0.356 e. The molecule has 1 saturated heterocycles. The Morgan fingerprint density at radius 2 is 2.05 bits per heavy atom. The molecule has 0 amide bonds. The Hall–Kier alpha value is -1.13. The molecule has 1 fully saturated rings. The van der Waals surface area contributed by atoms with Crippen LogP contribution in [-0.4, -0.2) is 49.7 Å². The minimum atomic E-state index is 0.504. The normalized spacial score (nSPS) is 17.0. The molecular formula is C17H30N4. The smallest absolute Gasteiger partial charge is 0.133 e. The zero-order valence-electron chi connectivity index (χ0n) is 14.0. The topological polar surface area (TPSA) is 31.4 Å². The number of hydrogen-bond acceptors (Lipinski definition) is 4. The van der Waals surface area contributed by atoms with E-state index in [2.05, 4.69) is 54.1 Å². The van der Waals surface area contributed by atoms with Crippen LogP contribution in [0.2, 0.25) is 0 Å². The van der Waals surface area contributed by atoms with Crippen molar-refractivity contribution < 1.29 is 0 Å². The summed E-state index contributed by atoms with van der Waals surface area (Å²) in [6, 6.07) is 4.74. The molecule has 0 radical (unpaired) electrons. The summed E-state index contributed by atoms with van der Waals surface area (Å²) in [7, 11) is 4.33. The Kier molecular flexibility index (Phi) is 6.00. The minimum absolute atomic E-state index is 0.504. The summed E-state index contributed by atoms with van der Waals surface area (Å²) < 4.78 is 0. The number of anilines is 1. The van der Waals surface area contributed by atoms with Gasteiger partial charge < -0.3 is 15.1 Å². The number of aromatic nitrogens is 1. The molecule has 0 aromatic carbocycles. The van der Waals surface area contributed by atoms with E-state index in [-0.39, 0.29) is 0 Å². The monoisotopic (exact) mass is 290 g/mol. The second-order valence-corrected chi connectivity index (χ2v) is 6.71. The number of rotatable bonds is 6. The van der Waals surface area contributed by atoms with Gasteiger partial charge in [0.05, 0.1) is 0 Å². The Morgan fingerprint density at radius 3 is 2.67 bits per heavy atom. The van der Waals surface area contributed by atoms with Gasteiger partial charge in [0.25, 0.3) is 0 Å². The molecule has 0 atom stereocenters. The molecule has 118 valence electrons. The summed E-state index contributed by atoms with van der Waals surface area (Å²) in [6.45, 7) is 8.73. The van der Waals surface area contributed by atoms with Crippen LogP contribution >= 0.6 is 0 Å². The maximum atomic E-state index is 4.64. The van der Waals surface area contributed by atoms with E-state index in [1.165, 1.54) is 30.8 Å². The van der Waals surface area contributed by atoms with Gasteiger partial charge in [-0.25, -0.2) is 4.98 Å². The first kappa shape index (κ1) is 16.2. The number of hydrogen-bond donors (Lipinski definition) is 1. The Morgan fingerprint density at radius 1 is 1.33 bits per heavy atom. The van der Waals surface area contributed by atoms with Crippen LogP contribution in [0.1, 0.15) is 32.3 Å². The number of nitrogens with one attached hydrogen (secondary N) is 1. The first-order valence-electron chi connectivity index (χ1n) is 8.13. The molecule has 1 N–H and O–H groups in total. The van der Waals surface area contributed by atoms with Crippen molar-refractivity contribution in [2.24, 2.45) is 5.92 Å². The summed E-state index contributed by atoms with van der Waals surface area (Å²) in [5.74, 6) is 2.01. The third-order valence-corrected chi connectivity index (χ3v) is 4.11. The predicted octanol–water partition coefficient (Wildman–Crippen LogP) is 2.36. The standard InChI is InChI=1S/C17H30N4/c1-14(2)19-12-16-6-5-9-18-17(16)21-10-7-15(8-11-21)13-20(3)4/h5-6,9,14-15,19H,7-8,10-13H2,1-4H3. The van der Waals surface area contributed by atoms with E-state index in [0.29, 0.717) is 6.04 Å². The van der Waals surface area contributed by atoms with E-state index in [0.717, 1.165) is 25.6 Å². The van der Waals surface area contributed by atoms with Crippen LogP contribution in [-0.2, 0) is 6.54 Å². The molecule has 1 aliphatic heterocycles. The van der Waals surface area contributed by atoms with Crippen LogP contribution in [0.3, 0.4) is 0 Å². The van der Waals surface area contributed by atoms with E-state index >= 15 is 0 Å². The van der Waals surface area contributed by atoms with Crippen molar-refractivity contribution in [1.82, 2.24) is 15.2 Å². The molecule has 4 nitrogen and oxygen atoms in total. The van der Waals surface area contributed by atoms with E-state index < -0.39 is 0 Å². The van der Waals surface area contributed by atoms with Gasteiger partial charge in [0.15, 0.2) is 0 Å². The van der Waals surface area contributed by atoms with Crippen LogP contribution in [0, 0.1) is 5.92 Å². The van der Waals surface area contributed by atoms with Gasteiger partial charge in [-0.1, -0.05) is 19.9 Å². The summed E-state index contributed by atoms with van der Waals surface area (Å²) in [6.07, 6.45) is 4.46. The molecule has 21 heavy (non-hydrogen) atoms. The highest BCUT2D eigenvalue weighted by molar-refractivity contribution is 5.47. The maximum Gasteiger partial charge on any atom is 0.133 e. The van der Waals surface area contributed by atoms with E-state index in [1.807, 2.05) is 12.3 Å². The summed E-state index contributed by atoms with van der Waals surface area (Å²) in [4.78, 5) is 9.41. The second-order valence-electron chi connectivity index (χ2n) is 6.71. The maximum absolute atomic E-state index is 4.64. The van der Waals surface area contributed by atoms with Gasteiger partial charge in [0.1, 0.15) is 5.82 Å². The third-order valence-electron chi connectivity index (χ3n) is 4.11. The van der Waals surface area contributed by atoms with Gasteiger partial charge in [-0.15, -0.1) is 0 Å². The summed E-state index contributed by atoms with van der Waals surface area (Å²) in [5.41, 5.74) is 1.32. The molecule has 0 spiro atoms. The molecular weight excluding hydrogens is 260 g/mol. The number of pyridine rings is 1. The lowest BCUT2D eigenvalue weighted by atomic mass is 9.96. The summed E-state index contributed by atoms with van der Waals surface area (Å²) >= 11 is 0. The molecule has 0 aliphatic carbocycles. The van der Waals surface area contributed by atoms with Gasteiger partial charge in [-0.3, -0.25) is 0 Å². The van der Waals surface area contributed by atoms with E-state index in [9.17, 15) is 0 Å². The van der Waals surface area contributed by atoms with Gasteiger partial charge in [0, 0.05) is 44.0 Å². The molecule has 1 aromatic heterocycles. The Labute approximate surface area is 129 Å². The molecule has 0 bridgehead atoms. The highest BCUT2D eigenvalue weighted by atomic mass is 15.2. The Bertz CT molecular complexity index is 423. The number of piperidine rings is 1. The number of nitrogens with zero attached hydrogens (tertiary/aromatic N) is 3. The fraction of sp³-hybridized carbons (Fsp3) is 0.706. The Balaban J connectivity index is 1.96. The van der Waals surface area contributed by atoms with Gasteiger partial charge in [-0.2, -0.15) is 0 Å². The molecule has 1 aromatic rings. The molecule has 4 heteroatoms. The van der Waals surface area contributed by atoms with Crippen molar-refractivity contribution in [1.29, 1.82) is 0 Å². The quantitative estimate of drug-likeness (QED) is 0.871. The van der Waals surface area contributed by atoms with Gasteiger partial charge in [0.2, 0.25) is 0 Å². The first-order chi connectivity index (χ1) is 10.1. The fourth-order valence-corrected chi connectivity index (χ4v) is 3.01. The second kappa shape index (κ2) is 7.76. The predicted molar refractivity (Wildman–Crippen MR) is 89.7 cm³/mol. The SMILES string of the molecule is CC(C)NCc1cccnc1N1CCC(CN(C)C)CC1. The highest BCUT2D eigenvalue weighted by Crippen LogP contribution is 2.24. The van der Waals surface area contributed by atoms with Crippen LogP contribution in [0.4, 0.5) is 5.82 Å². The fourth-order valence-electron chi connectivity index (χ4n) is 3.01. The van der Waals surface area contributed by atoms with Crippen molar-refractivity contribution in [2.45, 2.75) is 39.3 Å². The average molecular weight is 290 g/mol. The van der Waals surface area contributed by atoms with Crippen molar-refractivity contribution in [3.05, 3.63) is 23.9 Å². The van der Waals surface area contributed by atoms with Gasteiger partial charge in [-0.05, 0) is 38.9 Å². The molecule has 0 unspecified atom stereocenters. The molecule has 2 heterocycles. The van der Waals surface area contributed by atoms with Crippen LogP contribution in [0.5, 0.6) is 0 Å². The van der Waals surface area contributed by atoms with E-state index in [1.54, 1.807) is 0 Å². The lowest BCUT2D eigenvalue weighted by Gasteiger charge is -2.35. The molecule has 1 aliphatic rings. The zero-order valence-corrected chi connectivity index (χ0v) is 14.0. The average Bonchev–Trinajstić information content (AvgIpc) is 2.46.